The SMILES string of the molecule is CCNc1ccccc1C(=O)NCC1CCCC1CO. The zero-order chi connectivity index (χ0) is 14.4. The summed E-state index contributed by atoms with van der Waals surface area (Å²) >= 11 is 0. The third-order valence-electron chi connectivity index (χ3n) is 4.11. The number of hydrogen-bond donors (Lipinski definition) is 3. The summed E-state index contributed by atoms with van der Waals surface area (Å²) in [5.74, 6) is 0.722. The van der Waals surface area contributed by atoms with Crippen LogP contribution in [0.25, 0.3) is 0 Å². The molecule has 0 spiro atoms. The first-order valence-corrected chi connectivity index (χ1v) is 7.48. The molecule has 2 rings (SSSR count). The van der Waals surface area contributed by atoms with E-state index in [2.05, 4.69) is 10.6 Å². The third kappa shape index (κ3) is 3.51. The van der Waals surface area contributed by atoms with Gasteiger partial charge in [0.15, 0.2) is 0 Å². The van der Waals surface area contributed by atoms with Gasteiger partial charge in [-0.3, -0.25) is 4.79 Å². The minimum absolute atomic E-state index is 0.0369. The lowest BCUT2D eigenvalue weighted by Crippen LogP contribution is -2.32. The van der Waals surface area contributed by atoms with Gasteiger partial charge in [-0.25, -0.2) is 0 Å². The molecule has 0 bridgehead atoms. The molecular formula is C16H24N2O2. The van der Waals surface area contributed by atoms with Crippen LogP contribution >= 0.6 is 0 Å². The van der Waals surface area contributed by atoms with Crippen molar-refractivity contribution in [3.8, 4) is 0 Å². The van der Waals surface area contributed by atoms with Gasteiger partial charge in [-0.05, 0) is 43.7 Å². The molecule has 20 heavy (non-hydrogen) atoms. The largest absolute Gasteiger partial charge is 0.396 e. The first kappa shape index (κ1) is 14.9. The summed E-state index contributed by atoms with van der Waals surface area (Å²) in [6, 6.07) is 7.56. The normalized spacial score (nSPS) is 21.7. The maximum Gasteiger partial charge on any atom is 0.253 e. The van der Waals surface area contributed by atoms with E-state index < -0.39 is 0 Å². The Morgan fingerprint density at radius 3 is 2.80 bits per heavy atom. The number of carbonyl (C=O) groups excluding carboxylic acids is 1. The number of para-hydroxylation sites is 1. The van der Waals surface area contributed by atoms with Crippen molar-refractivity contribution in [2.24, 2.45) is 11.8 Å². The molecule has 1 aromatic rings. The molecule has 2 atom stereocenters. The minimum Gasteiger partial charge on any atom is -0.396 e. The van der Waals surface area contributed by atoms with E-state index in [0.717, 1.165) is 31.5 Å². The second-order valence-corrected chi connectivity index (χ2v) is 5.42. The fourth-order valence-corrected chi connectivity index (χ4v) is 2.97. The number of hydrogen-bond acceptors (Lipinski definition) is 3. The molecule has 1 aliphatic carbocycles. The Morgan fingerprint density at radius 2 is 2.05 bits per heavy atom. The lowest BCUT2D eigenvalue weighted by atomic mass is 9.97. The summed E-state index contributed by atoms with van der Waals surface area (Å²) in [6.07, 6.45) is 3.32. The van der Waals surface area contributed by atoms with Gasteiger partial charge in [-0.2, -0.15) is 0 Å². The first-order valence-electron chi connectivity index (χ1n) is 7.48. The molecule has 1 saturated carbocycles. The van der Waals surface area contributed by atoms with Gasteiger partial charge in [0.1, 0.15) is 0 Å². The van der Waals surface area contributed by atoms with Crippen LogP contribution in [0.3, 0.4) is 0 Å². The van der Waals surface area contributed by atoms with Crippen LogP contribution in [0.15, 0.2) is 24.3 Å². The highest BCUT2D eigenvalue weighted by atomic mass is 16.3. The fraction of sp³-hybridized carbons (Fsp3) is 0.562. The average molecular weight is 276 g/mol. The van der Waals surface area contributed by atoms with Crippen molar-refractivity contribution < 1.29 is 9.90 Å². The number of aliphatic hydroxyl groups excluding tert-OH is 1. The molecule has 0 radical (unpaired) electrons. The topological polar surface area (TPSA) is 61.4 Å². The van der Waals surface area contributed by atoms with Crippen molar-refractivity contribution in [1.82, 2.24) is 5.32 Å². The molecule has 1 fully saturated rings. The predicted molar refractivity (Wildman–Crippen MR) is 80.9 cm³/mol. The van der Waals surface area contributed by atoms with E-state index in [1.165, 1.54) is 0 Å². The van der Waals surface area contributed by atoms with E-state index in [1.807, 2.05) is 31.2 Å². The van der Waals surface area contributed by atoms with Crippen LogP contribution < -0.4 is 10.6 Å². The van der Waals surface area contributed by atoms with Crippen LogP contribution in [0, 0.1) is 11.8 Å². The Labute approximate surface area is 120 Å². The zero-order valence-electron chi connectivity index (χ0n) is 12.1. The van der Waals surface area contributed by atoms with E-state index in [9.17, 15) is 9.90 Å². The molecule has 1 aromatic carbocycles. The van der Waals surface area contributed by atoms with E-state index in [-0.39, 0.29) is 12.5 Å². The molecule has 2 unspecified atom stereocenters. The fourth-order valence-electron chi connectivity index (χ4n) is 2.97. The predicted octanol–water partition coefficient (Wildman–Crippen LogP) is 2.26. The molecular weight excluding hydrogens is 252 g/mol. The quantitative estimate of drug-likeness (QED) is 0.747. The number of rotatable bonds is 6. The van der Waals surface area contributed by atoms with Crippen molar-refractivity contribution in [2.45, 2.75) is 26.2 Å². The van der Waals surface area contributed by atoms with Gasteiger partial charge >= 0.3 is 0 Å². The molecule has 3 N–H and O–H groups in total. The Hall–Kier alpha value is -1.55. The maximum atomic E-state index is 12.3. The summed E-state index contributed by atoms with van der Waals surface area (Å²) in [5.41, 5.74) is 1.56. The van der Waals surface area contributed by atoms with Gasteiger partial charge in [0.25, 0.3) is 5.91 Å². The number of aliphatic hydroxyl groups is 1. The molecule has 0 heterocycles. The number of amides is 1. The van der Waals surface area contributed by atoms with E-state index in [4.69, 9.17) is 0 Å². The van der Waals surface area contributed by atoms with Crippen LogP contribution in [-0.2, 0) is 0 Å². The Balaban J connectivity index is 1.95. The number of benzene rings is 1. The zero-order valence-corrected chi connectivity index (χ0v) is 12.1. The van der Waals surface area contributed by atoms with Gasteiger partial charge in [0, 0.05) is 25.4 Å². The van der Waals surface area contributed by atoms with Crippen LogP contribution in [0.2, 0.25) is 0 Å². The lowest BCUT2D eigenvalue weighted by Gasteiger charge is -2.18. The minimum atomic E-state index is -0.0369. The molecule has 4 nitrogen and oxygen atoms in total. The maximum absolute atomic E-state index is 12.3. The van der Waals surface area contributed by atoms with Crippen LogP contribution in [0.4, 0.5) is 5.69 Å². The Bertz CT molecular complexity index is 448. The molecule has 1 amide bonds. The van der Waals surface area contributed by atoms with Crippen LogP contribution in [-0.4, -0.2) is 30.7 Å². The van der Waals surface area contributed by atoms with Crippen molar-refractivity contribution in [1.29, 1.82) is 0 Å². The van der Waals surface area contributed by atoms with Gasteiger partial charge in [0.2, 0.25) is 0 Å². The van der Waals surface area contributed by atoms with Crippen molar-refractivity contribution >= 4 is 11.6 Å². The van der Waals surface area contributed by atoms with E-state index in [1.54, 1.807) is 0 Å². The standard InChI is InChI=1S/C16H24N2O2/c1-2-17-15-9-4-3-8-14(15)16(20)18-10-12-6-5-7-13(12)11-19/h3-4,8-9,12-13,17,19H,2,5-7,10-11H2,1H3,(H,18,20). The van der Waals surface area contributed by atoms with Crippen molar-refractivity contribution in [3.63, 3.8) is 0 Å². The smallest absolute Gasteiger partial charge is 0.253 e. The number of anilines is 1. The first-order chi connectivity index (χ1) is 9.76. The second kappa shape index (κ2) is 7.29. The van der Waals surface area contributed by atoms with Gasteiger partial charge in [0.05, 0.1) is 5.56 Å². The molecule has 0 aliphatic heterocycles. The van der Waals surface area contributed by atoms with E-state index >= 15 is 0 Å². The van der Waals surface area contributed by atoms with Crippen molar-refractivity contribution in [3.05, 3.63) is 29.8 Å². The number of carbonyl (C=O) groups is 1. The van der Waals surface area contributed by atoms with Crippen molar-refractivity contribution in [2.75, 3.05) is 25.0 Å². The Kier molecular flexibility index (Phi) is 5.41. The summed E-state index contributed by atoms with van der Waals surface area (Å²) < 4.78 is 0. The highest BCUT2D eigenvalue weighted by Gasteiger charge is 2.26. The van der Waals surface area contributed by atoms with Gasteiger partial charge in [-0.15, -0.1) is 0 Å². The van der Waals surface area contributed by atoms with Gasteiger partial charge in [-0.1, -0.05) is 18.6 Å². The third-order valence-corrected chi connectivity index (χ3v) is 4.11. The summed E-state index contributed by atoms with van der Waals surface area (Å²) in [5, 5.41) is 15.5. The monoisotopic (exact) mass is 276 g/mol. The molecule has 110 valence electrons. The highest BCUT2D eigenvalue weighted by molar-refractivity contribution is 5.99. The summed E-state index contributed by atoms with van der Waals surface area (Å²) in [4.78, 5) is 12.3. The summed E-state index contributed by atoms with van der Waals surface area (Å²) in [7, 11) is 0. The van der Waals surface area contributed by atoms with Crippen LogP contribution in [0.5, 0.6) is 0 Å². The van der Waals surface area contributed by atoms with Crippen LogP contribution in [0.1, 0.15) is 36.5 Å². The second-order valence-electron chi connectivity index (χ2n) is 5.42. The highest BCUT2D eigenvalue weighted by Crippen LogP contribution is 2.30. The molecule has 4 heteroatoms. The molecule has 0 aromatic heterocycles. The Morgan fingerprint density at radius 1 is 1.30 bits per heavy atom. The molecule has 0 saturated heterocycles. The van der Waals surface area contributed by atoms with E-state index in [0.29, 0.717) is 23.9 Å². The lowest BCUT2D eigenvalue weighted by molar-refractivity contribution is 0.0938. The number of nitrogens with one attached hydrogen (secondary N) is 2. The molecule has 1 aliphatic rings. The average Bonchev–Trinajstić information content (AvgIpc) is 2.93. The summed E-state index contributed by atoms with van der Waals surface area (Å²) in [6.45, 7) is 3.69. The van der Waals surface area contributed by atoms with Gasteiger partial charge < -0.3 is 15.7 Å².